The monoisotopic (exact) mass is 199 g/mol. The van der Waals surface area contributed by atoms with Crippen molar-refractivity contribution in [1.82, 2.24) is 0 Å². The van der Waals surface area contributed by atoms with Gasteiger partial charge in [-0.25, -0.2) is 4.79 Å². The van der Waals surface area contributed by atoms with Gasteiger partial charge in [0.05, 0.1) is 5.00 Å². The quantitative estimate of drug-likeness (QED) is 0.812. The van der Waals surface area contributed by atoms with Crippen LogP contribution in [0.3, 0.4) is 0 Å². The number of nitrogens with zero attached hydrogens (tertiary/aromatic N) is 1. The highest BCUT2D eigenvalue weighted by molar-refractivity contribution is 7.17. The summed E-state index contributed by atoms with van der Waals surface area (Å²) in [5.74, 6) is -0.853. The van der Waals surface area contributed by atoms with E-state index < -0.39 is 5.97 Å². The van der Waals surface area contributed by atoms with E-state index in [2.05, 4.69) is 18.7 Å². The van der Waals surface area contributed by atoms with Crippen LogP contribution in [-0.2, 0) is 0 Å². The highest BCUT2D eigenvalue weighted by atomic mass is 32.1. The molecule has 0 radical (unpaired) electrons. The van der Waals surface area contributed by atoms with Crippen molar-refractivity contribution in [1.29, 1.82) is 0 Å². The van der Waals surface area contributed by atoms with Gasteiger partial charge in [0.25, 0.3) is 0 Å². The minimum absolute atomic E-state index is 0.389. The van der Waals surface area contributed by atoms with Gasteiger partial charge in [0.1, 0.15) is 4.88 Å². The molecule has 13 heavy (non-hydrogen) atoms. The van der Waals surface area contributed by atoms with Crippen molar-refractivity contribution in [2.45, 2.75) is 19.9 Å². The molecule has 0 saturated carbocycles. The largest absolute Gasteiger partial charge is 0.477 e. The third kappa shape index (κ3) is 2.21. The Morgan fingerprint density at radius 3 is 2.54 bits per heavy atom. The lowest BCUT2D eigenvalue weighted by Crippen LogP contribution is -2.24. The van der Waals surface area contributed by atoms with Gasteiger partial charge in [0.15, 0.2) is 0 Å². The molecule has 0 saturated heterocycles. The number of carboxylic acids is 1. The Labute approximate surface area is 81.6 Å². The number of thiophene rings is 1. The molecule has 0 aliphatic rings. The standard InChI is InChI=1S/C9H13NO2S/c1-6(2)10(3)8-5-4-7(13-8)9(11)12/h4-6H,1-3H3,(H,11,12). The van der Waals surface area contributed by atoms with Gasteiger partial charge in [-0.1, -0.05) is 0 Å². The van der Waals surface area contributed by atoms with Crippen LogP contribution in [0.4, 0.5) is 5.00 Å². The van der Waals surface area contributed by atoms with E-state index in [0.29, 0.717) is 10.9 Å². The first kappa shape index (κ1) is 10.1. The Kier molecular flexibility index (Phi) is 2.93. The molecule has 0 aliphatic heterocycles. The van der Waals surface area contributed by atoms with Gasteiger partial charge in [-0.15, -0.1) is 11.3 Å². The SMILES string of the molecule is CC(C)N(C)c1ccc(C(=O)O)s1. The van der Waals surface area contributed by atoms with Gasteiger partial charge in [-0.3, -0.25) is 0 Å². The van der Waals surface area contributed by atoms with Crippen LogP contribution in [0.5, 0.6) is 0 Å². The molecule has 0 amide bonds. The van der Waals surface area contributed by atoms with Gasteiger partial charge in [-0.2, -0.15) is 0 Å². The summed E-state index contributed by atoms with van der Waals surface area (Å²) in [6.45, 7) is 4.14. The lowest BCUT2D eigenvalue weighted by Gasteiger charge is -2.21. The van der Waals surface area contributed by atoms with Crippen LogP contribution in [-0.4, -0.2) is 24.2 Å². The molecule has 1 heterocycles. The van der Waals surface area contributed by atoms with Crippen LogP contribution in [0, 0.1) is 0 Å². The first-order valence-corrected chi connectivity index (χ1v) is 4.90. The highest BCUT2D eigenvalue weighted by Crippen LogP contribution is 2.26. The van der Waals surface area contributed by atoms with Crippen molar-refractivity contribution in [3.8, 4) is 0 Å². The molecule has 0 fully saturated rings. The molecule has 4 heteroatoms. The molecule has 0 atom stereocenters. The van der Waals surface area contributed by atoms with E-state index in [4.69, 9.17) is 5.11 Å². The molecule has 0 aromatic carbocycles. The second kappa shape index (κ2) is 3.79. The Bertz CT molecular complexity index is 306. The van der Waals surface area contributed by atoms with Crippen LogP contribution >= 0.6 is 11.3 Å². The van der Waals surface area contributed by atoms with Gasteiger partial charge in [-0.05, 0) is 26.0 Å². The molecule has 1 N–H and O–H groups in total. The Morgan fingerprint density at radius 1 is 1.54 bits per heavy atom. The van der Waals surface area contributed by atoms with Crippen LogP contribution < -0.4 is 4.90 Å². The van der Waals surface area contributed by atoms with Crippen LogP contribution in [0.25, 0.3) is 0 Å². The third-order valence-corrected chi connectivity index (χ3v) is 3.09. The maximum absolute atomic E-state index is 10.6. The first-order valence-electron chi connectivity index (χ1n) is 4.08. The Morgan fingerprint density at radius 2 is 2.15 bits per heavy atom. The smallest absolute Gasteiger partial charge is 0.345 e. The number of carboxylic acid groups (broad SMARTS) is 1. The minimum Gasteiger partial charge on any atom is -0.477 e. The second-order valence-electron chi connectivity index (χ2n) is 3.15. The average molecular weight is 199 g/mol. The van der Waals surface area contributed by atoms with Crippen LogP contribution in [0.2, 0.25) is 0 Å². The average Bonchev–Trinajstić information content (AvgIpc) is 2.50. The fourth-order valence-electron chi connectivity index (χ4n) is 0.887. The fraction of sp³-hybridized carbons (Fsp3) is 0.444. The van der Waals surface area contributed by atoms with E-state index in [1.807, 2.05) is 13.1 Å². The summed E-state index contributed by atoms with van der Waals surface area (Å²) in [6.07, 6.45) is 0. The zero-order valence-electron chi connectivity index (χ0n) is 7.94. The van der Waals surface area contributed by atoms with Crippen LogP contribution in [0.1, 0.15) is 23.5 Å². The summed E-state index contributed by atoms with van der Waals surface area (Å²) in [5, 5.41) is 9.70. The summed E-state index contributed by atoms with van der Waals surface area (Å²) in [4.78, 5) is 13.0. The zero-order valence-corrected chi connectivity index (χ0v) is 8.76. The summed E-state index contributed by atoms with van der Waals surface area (Å²) in [7, 11) is 1.96. The molecule has 72 valence electrons. The van der Waals surface area contributed by atoms with Crippen molar-refractivity contribution < 1.29 is 9.90 Å². The van der Waals surface area contributed by atoms with Gasteiger partial charge in [0, 0.05) is 13.1 Å². The molecular formula is C9H13NO2S. The van der Waals surface area contributed by atoms with Gasteiger partial charge >= 0.3 is 5.97 Å². The summed E-state index contributed by atoms with van der Waals surface area (Å²) in [5.41, 5.74) is 0. The molecule has 1 aromatic rings. The first-order chi connectivity index (χ1) is 6.02. The Hall–Kier alpha value is -1.03. The molecule has 1 rings (SSSR count). The van der Waals surface area contributed by atoms with Crippen molar-refractivity contribution in [3.63, 3.8) is 0 Å². The lowest BCUT2D eigenvalue weighted by molar-refractivity contribution is 0.0702. The maximum atomic E-state index is 10.6. The van der Waals surface area contributed by atoms with Crippen molar-refractivity contribution in [2.24, 2.45) is 0 Å². The minimum atomic E-state index is -0.853. The molecule has 0 unspecified atom stereocenters. The van der Waals surface area contributed by atoms with E-state index in [0.717, 1.165) is 5.00 Å². The summed E-state index contributed by atoms with van der Waals surface area (Å²) < 4.78 is 0. The molecule has 0 bridgehead atoms. The second-order valence-corrected chi connectivity index (χ2v) is 4.21. The number of carbonyl (C=O) groups is 1. The zero-order chi connectivity index (χ0) is 10.0. The van der Waals surface area contributed by atoms with E-state index in [-0.39, 0.29) is 0 Å². The third-order valence-electron chi connectivity index (χ3n) is 1.92. The van der Waals surface area contributed by atoms with E-state index in [9.17, 15) is 4.79 Å². The van der Waals surface area contributed by atoms with Crippen molar-refractivity contribution in [2.75, 3.05) is 11.9 Å². The predicted molar refractivity (Wildman–Crippen MR) is 54.8 cm³/mol. The van der Waals surface area contributed by atoms with E-state index in [1.165, 1.54) is 11.3 Å². The number of anilines is 1. The van der Waals surface area contributed by atoms with Crippen molar-refractivity contribution >= 4 is 22.3 Å². The maximum Gasteiger partial charge on any atom is 0.345 e. The summed E-state index contributed by atoms with van der Waals surface area (Å²) >= 11 is 1.30. The molecule has 1 aromatic heterocycles. The molecule has 3 nitrogen and oxygen atoms in total. The highest BCUT2D eigenvalue weighted by Gasteiger charge is 2.11. The molecule has 0 aliphatic carbocycles. The number of aromatic carboxylic acids is 1. The molecular weight excluding hydrogens is 186 g/mol. The number of rotatable bonds is 3. The van der Waals surface area contributed by atoms with E-state index in [1.54, 1.807) is 6.07 Å². The van der Waals surface area contributed by atoms with Crippen molar-refractivity contribution in [3.05, 3.63) is 17.0 Å². The van der Waals surface area contributed by atoms with Gasteiger partial charge in [0.2, 0.25) is 0 Å². The number of hydrogen-bond acceptors (Lipinski definition) is 3. The topological polar surface area (TPSA) is 40.5 Å². The summed E-state index contributed by atoms with van der Waals surface area (Å²) in [6, 6.07) is 3.87. The molecule has 0 spiro atoms. The number of hydrogen-bond donors (Lipinski definition) is 1. The lowest BCUT2D eigenvalue weighted by atomic mass is 10.3. The Balaban J connectivity index is 2.85. The van der Waals surface area contributed by atoms with Crippen LogP contribution in [0.15, 0.2) is 12.1 Å². The normalized spacial score (nSPS) is 10.5. The van der Waals surface area contributed by atoms with Gasteiger partial charge < -0.3 is 10.0 Å². The fourth-order valence-corrected chi connectivity index (χ4v) is 1.83. The predicted octanol–water partition coefficient (Wildman–Crippen LogP) is 2.29. The van der Waals surface area contributed by atoms with E-state index >= 15 is 0 Å².